The molecule has 1 atom stereocenters. The molecule has 0 fully saturated rings. The molecule has 36 heavy (non-hydrogen) atoms. The molecular formula is C29H30BrClN2O3. The average molecular weight is 570 g/mol. The zero-order chi connectivity index (χ0) is 26.0. The highest BCUT2D eigenvalue weighted by Crippen LogP contribution is 2.39. The number of nitrogens with two attached hydrogens (primary N) is 1. The quantitative estimate of drug-likeness (QED) is 0.334. The van der Waals surface area contributed by atoms with Crippen LogP contribution in [0.1, 0.15) is 65.8 Å². The minimum Gasteiger partial charge on any atom is -0.457 e. The van der Waals surface area contributed by atoms with Gasteiger partial charge in [-0.15, -0.1) is 0 Å². The number of ether oxygens (including phenoxy) is 1. The lowest BCUT2D eigenvalue weighted by Gasteiger charge is -2.38. The summed E-state index contributed by atoms with van der Waals surface area (Å²) in [7, 11) is 0. The Kier molecular flexibility index (Phi) is 7.76. The highest BCUT2D eigenvalue weighted by molar-refractivity contribution is 9.10. The van der Waals surface area contributed by atoms with Crippen LogP contribution in [0.2, 0.25) is 5.02 Å². The lowest BCUT2D eigenvalue weighted by atomic mass is 9.87. The Labute approximate surface area is 225 Å². The first kappa shape index (κ1) is 26.2. The SMILES string of the molecule is CC(C)(C)c1ccc(COC(=O)c2cc(Br)cc3c2N(C(C(N)=O)c2cccc(Cl)c2)CCC3)cc1. The van der Waals surface area contributed by atoms with E-state index in [9.17, 15) is 9.59 Å². The number of nitrogens with zero attached hydrogens (tertiary/aromatic N) is 1. The third kappa shape index (κ3) is 5.76. The Morgan fingerprint density at radius 1 is 1.11 bits per heavy atom. The Hall–Kier alpha value is -2.83. The van der Waals surface area contributed by atoms with Crippen molar-refractivity contribution in [2.45, 2.75) is 51.7 Å². The number of anilines is 1. The summed E-state index contributed by atoms with van der Waals surface area (Å²) in [6.45, 7) is 7.20. The predicted octanol–water partition coefficient (Wildman–Crippen LogP) is 6.74. The van der Waals surface area contributed by atoms with E-state index < -0.39 is 17.9 Å². The molecule has 0 aromatic heterocycles. The Morgan fingerprint density at radius 3 is 2.47 bits per heavy atom. The molecule has 188 valence electrons. The van der Waals surface area contributed by atoms with Gasteiger partial charge < -0.3 is 15.4 Å². The van der Waals surface area contributed by atoms with Gasteiger partial charge in [0.25, 0.3) is 0 Å². The van der Waals surface area contributed by atoms with Gasteiger partial charge in [-0.05, 0) is 64.8 Å². The Bertz CT molecular complexity index is 1280. The normalized spacial score (nSPS) is 14.2. The third-order valence-corrected chi connectivity index (χ3v) is 7.13. The number of carbonyl (C=O) groups is 2. The molecule has 7 heteroatoms. The number of primary amides is 1. The number of halogens is 2. The maximum absolute atomic E-state index is 13.4. The number of aryl methyl sites for hydroxylation is 1. The number of hydrogen-bond acceptors (Lipinski definition) is 4. The van der Waals surface area contributed by atoms with Gasteiger partial charge in [0.1, 0.15) is 12.6 Å². The first-order valence-electron chi connectivity index (χ1n) is 11.9. The lowest BCUT2D eigenvalue weighted by molar-refractivity contribution is -0.119. The maximum atomic E-state index is 13.4. The predicted molar refractivity (Wildman–Crippen MR) is 147 cm³/mol. The smallest absolute Gasteiger partial charge is 0.340 e. The van der Waals surface area contributed by atoms with E-state index in [2.05, 4.69) is 48.8 Å². The van der Waals surface area contributed by atoms with Crippen LogP contribution in [-0.2, 0) is 28.0 Å². The summed E-state index contributed by atoms with van der Waals surface area (Å²) in [5, 5.41) is 0.518. The van der Waals surface area contributed by atoms with Gasteiger partial charge in [0, 0.05) is 16.0 Å². The number of benzene rings is 3. The maximum Gasteiger partial charge on any atom is 0.340 e. The molecule has 0 spiro atoms. The van der Waals surface area contributed by atoms with Crippen molar-refractivity contribution < 1.29 is 14.3 Å². The fourth-order valence-corrected chi connectivity index (χ4v) is 5.36. The molecule has 0 aliphatic carbocycles. The van der Waals surface area contributed by atoms with Crippen LogP contribution in [0.5, 0.6) is 0 Å². The molecule has 1 amide bonds. The lowest BCUT2D eigenvalue weighted by Crippen LogP contribution is -2.41. The second-order valence-corrected chi connectivity index (χ2v) is 11.5. The largest absolute Gasteiger partial charge is 0.457 e. The first-order valence-corrected chi connectivity index (χ1v) is 13.1. The van der Waals surface area contributed by atoms with E-state index in [-0.39, 0.29) is 12.0 Å². The monoisotopic (exact) mass is 568 g/mol. The number of hydrogen-bond donors (Lipinski definition) is 1. The van der Waals surface area contributed by atoms with Crippen molar-refractivity contribution in [3.05, 3.63) is 98.0 Å². The van der Waals surface area contributed by atoms with Crippen LogP contribution in [0.3, 0.4) is 0 Å². The van der Waals surface area contributed by atoms with Crippen molar-refractivity contribution >= 4 is 45.1 Å². The first-order chi connectivity index (χ1) is 17.0. The topological polar surface area (TPSA) is 72.6 Å². The molecule has 2 N–H and O–H groups in total. The van der Waals surface area contributed by atoms with Gasteiger partial charge in [0.15, 0.2) is 0 Å². The van der Waals surface area contributed by atoms with Crippen LogP contribution in [0.25, 0.3) is 0 Å². The van der Waals surface area contributed by atoms with Gasteiger partial charge in [-0.25, -0.2) is 4.79 Å². The molecule has 1 aliphatic heterocycles. The van der Waals surface area contributed by atoms with Crippen molar-refractivity contribution in [2.75, 3.05) is 11.4 Å². The standard InChI is InChI=1S/C29H30BrClN2O3/c1-29(2,3)21-11-9-18(10-12-21)17-36-28(35)24-16-22(30)14-19-7-5-13-33(25(19)24)26(27(32)34)20-6-4-8-23(31)15-20/h4,6,8-12,14-16,26H,5,7,13,17H2,1-3H3,(H2,32,34). The van der Waals surface area contributed by atoms with Gasteiger partial charge in [0.05, 0.1) is 11.3 Å². The van der Waals surface area contributed by atoms with E-state index in [1.807, 2.05) is 29.2 Å². The third-order valence-electron chi connectivity index (χ3n) is 6.44. The highest BCUT2D eigenvalue weighted by Gasteiger charge is 2.33. The van der Waals surface area contributed by atoms with Crippen LogP contribution >= 0.6 is 27.5 Å². The molecule has 0 radical (unpaired) electrons. The van der Waals surface area contributed by atoms with E-state index in [4.69, 9.17) is 22.1 Å². The molecule has 5 nitrogen and oxygen atoms in total. The van der Waals surface area contributed by atoms with E-state index in [1.165, 1.54) is 5.56 Å². The second kappa shape index (κ2) is 10.7. The molecule has 3 aromatic carbocycles. The minimum atomic E-state index is -0.764. The van der Waals surface area contributed by atoms with Crippen LogP contribution in [-0.4, -0.2) is 18.4 Å². The molecule has 0 bridgehead atoms. The van der Waals surface area contributed by atoms with Crippen molar-refractivity contribution in [1.29, 1.82) is 0 Å². The Balaban J connectivity index is 1.66. The van der Waals surface area contributed by atoms with Gasteiger partial charge in [-0.2, -0.15) is 0 Å². The van der Waals surface area contributed by atoms with E-state index in [0.717, 1.165) is 28.4 Å². The number of fused-ring (bicyclic) bond motifs is 1. The van der Waals surface area contributed by atoms with E-state index >= 15 is 0 Å². The summed E-state index contributed by atoms with van der Waals surface area (Å²) >= 11 is 9.76. The van der Waals surface area contributed by atoms with Gasteiger partial charge in [-0.3, -0.25) is 4.79 Å². The van der Waals surface area contributed by atoms with Crippen LogP contribution in [0.4, 0.5) is 5.69 Å². The number of amides is 1. The molecule has 1 unspecified atom stereocenters. The summed E-state index contributed by atoms with van der Waals surface area (Å²) in [6.07, 6.45) is 1.60. The summed E-state index contributed by atoms with van der Waals surface area (Å²) in [5.74, 6) is -0.958. The van der Waals surface area contributed by atoms with Crippen LogP contribution in [0, 0.1) is 0 Å². The number of carbonyl (C=O) groups excluding carboxylic acids is 2. The Morgan fingerprint density at radius 2 is 1.83 bits per heavy atom. The average Bonchev–Trinajstić information content (AvgIpc) is 2.81. The number of esters is 1. The summed E-state index contributed by atoms with van der Waals surface area (Å²) < 4.78 is 6.53. The van der Waals surface area contributed by atoms with Crippen molar-refractivity contribution in [3.63, 3.8) is 0 Å². The fraction of sp³-hybridized carbons (Fsp3) is 0.310. The summed E-state index contributed by atoms with van der Waals surface area (Å²) in [4.78, 5) is 28.0. The van der Waals surface area contributed by atoms with Gasteiger partial charge >= 0.3 is 5.97 Å². The van der Waals surface area contributed by atoms with Crippen molar-refractivity contribution in [2.24, 2.45) is 5.73 Å². The summed E-state index contributed by atoms with van der Waals surface area (Å²) in [5.41, 5.74) is 10.8. The second-order valence-electron chi connectivity index (χ2n) is 10.1. The van der Waals surface area contributed by atoms with Crippen molar-refractivity contribution in [1.82, 2.24) is 0 Å². The van der Waals surface area contributed by atoms with Crippen LogP contribution < -0.4 is 10.6 Å². The molecular weight excluding hydrogens is 540 g/mol. The van der Waals surface area contributed by atoms with Gasteiger partial charge in [0.2, 0.25) is 5.91 Å². The molecule has 0 saturated carbocycles. The van der Waals surface area contributed by atoms with Crippen molar-refractivity contribution in [3.8, 4) is 0 Å². The van der Waals surface area contributed by atoms with Crippen LogP contribution in [0.15, 0.2) is 65.1 Å². The molecule has 4 rings (SSSR count). The highest BCUT2D eigenvalue weighted by atomic mass is 79.9. The molecule has 1 aliphatic rings. The number of rotatable bonds is 6. The zero-order valence-corrected chi connectivity index (χ0v) is 23.0. The molecule has 3 aromatic rings. The molecule has 0 saturated heterocycles. The zero-order valence-electron chi connectivity index (χ0n) is 20.7. The summed E-state index contributed by atoms with van der Waals surface area (Å²) in [6, 6.07) is 18.2. The molecule has 1 heterocycles. The fourth-order valence-electron chi connectivity index (χ4n) is 4.65. The van der Waals surface area contributed by atoms with E-state index in [0.29, 0.717) is 28.4 Å². The van der Waals surface area contributed by atoms with Gasteiger partial charge in [-0.1, -0.05) is 84.7 Å². The van der Waals surface area contributed by atoms with E-state index in [1.54, 1.807) is 24.3 Å². The minimum absolute atomic E-state index is 0.0496.